The van der Waals surface area contributed by atoms with Gasteiger partial charge in [-0.2, -0.15) is 0 Å². The predicted octanol–water partition coefficient (Wildman–Crippen LogP) is 4.03. The lowest BCUT2D eigenvalue weighted by molar-refractivity contribution is 0.377. The monoisotopic (exact) mass is 276 g/mol. The van der Waals surface area contributed by atoms with Gasteiger partial charge >= 0.3 is 0 Å². The van der Waals surface area contributed by atoms with Crippen LogP contribution in [0.15, 0.2) is 18.2 Å². The zero-order valence-electron chi connectivity index (χ0n) is 12.0. The number of aromatic nitrogens is 1. The molecule has 2 aromatic rings. The van der Waals surface area contributed by atoms with Crippen LogP contribution in [0.1, 0.15) is 30.7 Å². The molecule has 0 unspecified atom stereocenters. The molecule has 3 heteroatoms. The third-order valence-electron chi connectivity index (χ3n) is 3.44. The molecule has 1 aromatic carbocycles. The van der Waals surface area contributed by atoms with Crippen molar-refractivity contribution in [2.75, 3.05) is 6.54 Å². The van der Waals surface area contributed by atoms with Gasteiger partial charge in [-0.05, 0) is 49.9 Å². The van der Waals surface area contributed by atoms with Gasteiger partial charge in [0.25, 0.3) is 0 Å². The van der Waals surface area contributed by atoms with E-state index in [0.29, 0.717) is 6.54 Å². The molecule has 0 bridgehead atoms. The summed E-state index contributed by atoms with van der Waals surface area (Å²) in [6.45, 7) is 9.08. The van der Waals surface area contributed by atoms with Crippen LogP contribution < -0.4 is 5.73 Å². The van der Waals surface area contributed by atoms with Crippen LogP contribution in [0.25, 0.3) is 10.9 Å². The Bertz CT molecular complexity index is 618. The van der Waals surface area contributed by atoms with Crippen molar-refractivity contribution in [2.24, 2.45) is 11.1 Å². The fraction of sp³-hybridized carbons (Fsp3) is 0.438. The molecule has 1 aromatic heterocycles. The smallest absolute Gasteiger partial charge is 0.0752 e. The Labute approximate surface area is 120 Å². The standard InChI is InChI=1S/C16H21ClN2/c1-10-5-12(8-16(3,4)9-18)15-13(6-10)14(17)7-11(2)19-15/h5-7H,8-9,18H2,1-4H3. The average Bonchev–Trinajstić information content (AvgIpc) is 2.30. The second-order valence-electron chi connectivity index (χ2n) is 6.11. The number of rotatable bonds is 3. The van der Waals surface area contributed by atoms with Crippen molar-refractivity contribution < 1.29 is 0 Å². The summed E-state index contributed by atoms with van der Waals surface area (Å²) >= 11 is 6.35. The minimum Gasteiger partial charge on any atom is -0.330 e. The molecule has 0 aliphatic carbocycles. The van der Waals surface area contributed by atoms with E-state index >= 15 is 0 Å². The molecule has 102 valence electrons. The van der Waals surface area contributed by atoms with E-state index in [1.165, 1.54) is 11.1 Å². The number of hydrogen-bond acceptors (Lipinski definition) is 2. The maximum Gasteiger partial charge on any atom is 0.0752 e. The number of fused-ring (bicyclic) bond motifs is 1. The summed E-state index contributed by atoms with van der Waals surface area (Å²) in [5, 5.41) is 1.81. The van der Waals surface area contributed by atoms with Crippen molar-refractivity contribution >= 4 is 22.5 Å². The Kier molecular flexibility index (Phi) is 3.84. The highest BCUT2D eigenvalue weighted by Crippen LogP contribution is 2.30. The van der Waals surface area contributed by atoms with Crippen LogP contribution >= 0.6 is 11.6 Å². The van der Waals surface area contributed by atoms with E-state index in [-0.39, 0.29) is 5.41 Å². The lowest BCUT2D eigenvalue weighted by atomic mass is 9.84. The van der Waals surface area contributed by atoms with Crippen molar-refractivity contribution in [3.63, 3.8) is 0 Å². The maximum absolute atomic E-state index is 6.35. The normalized spacial score (nSPS) is 12.1. The van der Waals surface area contributed by atoms with Gasteiger partial charge in [-0.3, -0.25) is 4.98 Å². The molecular weight excluding hydrogens is 256 g/mol. The number of benzene rings is 1. The Balaban J connectivity index is 2.66. The number of halogens is 1. The highest BCUT2D eigenvalue weighted by atomic mass is 35.5. The summed E-state index contributed by atoms with van der Waals surface area (Å²) in [5.74, 6) is 0. The summed E-state index contributed by atoms with van der Waals surface area (Å²) in [7, 11) is 0. The molecule has 0 radical (unpaired) electrons. The van der Waals surface area contributed by atoms with Crippen LogP contribution in [0.4, 0.5) is 0 Å². The molecular formula is C16H21ClN2. The number of hydrogen-bond donors (Lipinski definition) is 1. The minimum atomic E-state index is 0.0681. The number of nitrogens with two attached hydrogens (primary N) is 1. The van der Waals surface area contributed by atoms with Crippen LogP contribution in [0.3, 0.4) is 0 Å². The Morgan fingerprint density at radius 1 is 1.21 bits per heavy atom. The lowest BCUT2D eigenvalue weighted by Crippen LogP contribution is -2.26. The quantitative estimate of drug-likeness (QED) is 0.919. The van der Waals surface area contributed by atoms with E-state index < -0.39 is 0 Å². The van der Waals surface area contributed by atoms with Gasteiger partial charge in [-0.15, -0.1) is 0 Å². The molecule has 2 rings (SSSR count). The summed E-state index contributed by atoms with van der Waals surface area (Å²) in [5.41, 5.74) is 10.3. The van der Waals surface area contributed by atoms with Gasteiger partial charge in [0, 0.05) is 11.1 Å². The summed E-state index contributed by atoms with van der Waals surface area (Å²) in [6, 6.07) is 6.22. The first-order chi connectivity index (χ1) is 8.82. The first-order valence-electron chi connectivity index (χ1n) is 6.59. The summed E-state index contributed by atoms with van der Waals surface area (Å²) < 4.78 is 0. The largest absolute Gasteiger partial charge is 0.330 e. The molecule has 0 fully saturated rings. The van der Waals surface area contributed by atoms with Gasteiger partial charge in [0.05, 0.1) is 10.5 Å². The lowest BCUT2D eigenvalue weighted by Gasteiger charge is -2.23. The van der Waals surface area contributed by atoms with E-state index in [0.717, 1.165) is 28.0 Å². The van der Waals surface area contributed by atoms with E-state index in [2.05, 4.69) is 37.9 Å². The fourth-order valence-corrected chi connectivity index (χ4v) is 2.66. The van der Waals surface area contributed by atoms with Gasteiger partial charge in [-0.1, -0.05) is 37.1 Å². The summed E-state index contributed by atoms with van der Waals surface area (Å²) in [4.78, 5) is 4.67. The van der Waals surface area contributed by atoms with Crippen LogP contribution in [0.5, 0.6) is 0 Å². The molecule has 0 amide bonds. The molecule has 0 saturated heterocycles. The molecule has 19 heavy (non-hydrogen) atoms. The maximum atomic E-state index is 6.35. The highest BCUT2D eigenvalue weighted by Gasteiger charge is 2.19. The third kappa shape index (κ3) is 3.07. The SMILES string of the molecule is Cc1cc(CC(C)(C)CN)c2nc(C)cc(Cl)c2c1. The van der Waals surface area contributed by atoms with E-state index in [9.17, 15) is 0 Å². The molecule has 0 spiro atoms. The third-order valence-corrected chi connectivity index (χ3v) is 3.75. The van der Waals surface area contributed by atoms with Crippen molar-refractivity contribution in [2.45, 2.75) is 34.1 Å². The summed E-state index contributed by atoms with van der Waals surface area (Å²) in [6.07, 6.45) is 0.911. The van der Waals surface area contributed by atoms with Gasteiger partial charge in [0.2, 0.25) is 0 Å². The van der Waals surface area contributed by atoms with Gasteiger partial charge in [0.1, 0.15) is 0 Å². The molecule has 1 heterocycles. The first-order valence-corrected chi connectivity index (χ1v) is 6.97. The Morgan fingerprint density at radius 3 is 2.53 bits per heavy atom. The van der Waals surface area contributed by atoms with Gasteiger partial charge in [-0.25, -0.2) is 0 Å². The van der Waals surface area contributed by atoms with Crippen molar-refractivity contribution in [1.82, 2.24) is 4.98 Å². The molecule has 2 N–H and O–H groups in total. The number of nitrogens with zero attached hydrogens (tertiary/aromatic N) is 1. The van der Waals surface area contributed by atoms with Crippen LogP contribution in [0, 0.1) is 19.3 Å². The zero-order valence-corrected chi connectivity index (χ0v) is 12.8. The van der Waals surface area contributed by atoms with E-state index in [1.807, 2.05) is 13.0 Å². The topological polar surface area (TPSA) is 38.9 Å². The highest BCUT2D eigenvalue weighted by molar-refractivity contribution is 6.35. The van der Waals surface area contributed by atoms with Gasteiger partial charge < -0.3 is 5.73 Å². The molecule has 0 aliphatic heterocycles. The molecule has 2 nitrogen and oxygen atoms in total. The van der Waals surface area contributed by atoms with Crippen molar-refractivity contribution in [3.8, 4) is 0 Å². The molecule has 0 saturated carbocycles. The van der Waals surface area contributed by atoms with E-state index in [4.69, 9.17) is 17.3 Å². The second-order valence-corrected chi connectivity index (χ2v) is 6.52. The van der Waals surface area contributed by atoms with Crippen molar-refractivity contribution in [3.05, 3.63) is 40.0 Å². The molecule has 0 aliphatic rings. The first kappa shape index (κ1) is 14.3. The average molecular weight is 277 g/mol. The fourth-order valence-electron chi connectivity index (χ4n) is 2.36. The van der Waals surface area contributed by atoms with E-state index in [1.54, 1.807) is 0 Å². The number of aryl methyl sites for hydroxylation is 2. The molecule has 0 atom stereocenters. The Morgan fingerprint density at radius 2 is 1.89 bits per heavy atom. The van der Waals surface area contributed by atoms with Crippen LogP contribution in [-0.2, 0) is 6.42 Å². The van der Waals surface area contributed by atoms with Crippen molar-refractivity contribution in [1.29, 1.82) is 0 Å². The predicted molar refractivity (Wildman–Crippen MR) is 82.8 cm³/mol. The Hall–Kier alpha value is -1.12. The number of pyridine rings is 1. The second kappa shape index (κ2) is 5.10. The van der Waals surface area contributed by atoms with Crippen LogP contribution in [0.2, 0.25) is 5.02 Å². The van der Waals surface area contributed by atoms with Gasteiger partial charge in [0.15, 0.2) is 0 Å². The zero-order chi connectivity index (χ0) is 14.2. The minimum absolute atomic E-state index is 0.0681. The van der Waals surface area contributed by atoms with Crippen LogP contribution in [-0.4, -0.2) is 11.5 Å².